The molecule has 0 N–H and O–H groups in total. The van der Waals surface area contributed by atoms with E-state index in [1.54, 1.807) is 0 Å². The number of fused-ring (bicyclic) bond motifs is 31. The molecule has 12 heterocycles. The molecule has 0 aliphatic heterocycles. The van der Waals surface area contributed by atoms with Crippen LogP contribution in [0.15, 0.2) is 438 Å². The average Bonchev–Trinajstić information content (AvgIpc) is 1.55. The predicted octanol–water partition coefficient (Wildman–Crippen LogP) is 32.3. The summed E-state index contributed by atoms with van der Waals surface area (Å²) in [6.07, 6.45) is 11.8. The number of aromatic nitrogens is 12. The zero-order chi connectivity index (χ0) is 89.4. The fourth-order valence-corrected chi connectivity index (χ4v) is 24.2. The third-order valence-electron chi connectivity index (χ3n) is 26.4. The van der Waals surface area contributed by atoms with Gasteiger partial charge in [0, 0.05) is 202 Å². The molecule has 0 saturated heterocycles. The van der Waals surface area contributed by atoms with Gasteiger partial charge in [-0.15, -0.1) is 34.0 Å². The third-order valence-corrected chi connectivity index (χ3v) is 30.1. The molecule has 0 unspecified atom stereocenters. The van der Waals surface area contributed by atoms with Crippen LogP contribution < -0.4 is 0 Å². The maximum Gasteiger partial charge on any atom is 0.235 e. The van der Waals surface area contributed by atoms with Gasteiger partial charge < -0.3 is 9.13 Å². The second kappa shape index (κ2) is 32.2. The molecule has 29 aromatic rings. The van der Waals surface area contributed by atoms with E-state index in [9.17, 15) is 0 Å². The van der Waals surface area contributed by atoms with Gasteiger partial charge in [-0.1, -0.05) is 303 Å². The van der Waals surface area contributed by atoms with Crippen LogP contribution in [0, 0.1) is 0 Å². The van der Waals surface area contributed by atoms with Gasteiger partial charge >= 0.3 is 0 Å². The Bertz CT molecular complexity index is 9770. The van der Waals surface area contributed by atoms with Gasteiger partial charge in [0.05, 0.1) is 67.1 Å². The van der Waals surface area contributed by atoms with E-state index in [0.29, 0.717) is 17.6 Å². The van der Waals surface area contributed by atoms with Gasteiger partial charge in [0.1, 0.15) is 0 Å². The minimum atomic E-state index is 0.675. The van der Waals surface area contributed by atoms with Crippen LogP contribution in [0.25, 0.3) is 266 Å². The van der Waals surface area contributed by atoms with Crippen molar-refractivity contribution in [1.82, 2.24) is 58.6 Å². The van der Waals surface area contributed by atoms with E-state index in [0.717, 1.165) is 101 Å². The first kappa shape index (κ1) is 78.4. The van der Waals surface area contributed by atoms with E-state index in [1.165, 1.54) is 147 Å². The van der Waals surface area contributed by atoms with Crippen LogP contribution >= 0.6 is 34.0 Å². The standard InChI is InChI=1S/2C43H26N4S.C35H20N4S/c1-3-12-27(13-4-1)35-25-36(46-43(45-35)28-14-5-2-6-15-28)29-16-11-17-30(24-29)47-37-20-9-7-18-32(37)39-31-22-23-44-26-34(31)42-40(41(39)47)33-19-8-10-21-38(33)48-42;1-3-11-27(12-4-1)35-25-36(46-43(45-35)29-13-5-2-6-14-29)28-19-21-30(22-20-28)47-37-17-9-7-15-32(37)39-31-23-24-44-26-34(31)42-40(41(39)47)33-16-8-10-18-38(33)48-42;1-2-10-21(11-3-1)32-23-12-4-7-15-27(23)37-35(38-32)39-28-16-8-5-13-24(28)30-22-18-19-36-20-26(22)34-31(33(30)39)25-14-6-9-17-29(25)40-34/h2*1-26H;1-20H. The van der Waals surface area contributed by atoms with Crippen molar-refractivity contribution in [1.29, 1.82) is 0 Å². The SMILES string of the molecule is c1ccc(-c2cc(-c3ccc(-n4c5ccccc5c5c6ccncc6c6sc7ccccc7c6c54)cc3)nc(-c3ccccc3)n2)cc1.c1ccc(-c2cc(-c3cccc(-n4c5ccccc5c5c6ccncc6c6sc7ccccc7c6c54)c3)nc(-c3ccccc3)n2)cc1.c1ccc(-c2nc(-n3c4ccccc4c4c5ccncc5c5sc6ccccc6c5c43)nc3ccccc23)cc1. The summed E-state index contributed by atoms with van der Waals surface area (Å²) < 4.78 is 14.8. The second-order valence-electron chi connectivity index (χ2n) is 34.1. The number of para-hydroxylation sites is 4. The number of pyridine rings is 3. The zero-order valence-corrected chi connectivity index (χ0v) is 75.1. The highest BCUT2D eigenvalue weighted by atomic mass is 32.1. The summed E-state index contributed by atoms with van der Waals surface area (Å²) in [6, 6.07) is 140. The molecule has 0 atom stereocenters. The van der Waals surface area contributed by atoms with Gasteiger partial charge in [0.2, 0.25) is 5.95 Å². The number of hydrogen-bond acceptors (Lipinski definition) is 12. The van der Waals surface area contributed by atoms with Crippen LogP contribution in [0.5, 0.6) is 0 Å². The summed E-state index contributed by atoms with van der Waals surface area (Å²) in [5.74, 6) is 2.10. The van der Waals surface area contributed by atoms with Gasteiger partial charge in [-0.3, -0.25) is 19.5 Å². The van der Waals surface area contributed by atoms with Crippen molar-refractivity contribution in [3.8, 4) is 96.4 Å². The molecule has 0 saturated carbocycles. The second-order valence-corrected chi connectivity index (χ2v) is 37.3. The van der Waals surface area contributed by atoms with Crippen molar-refractivity contribution in [2.45, 2.75) is 0 Å². The van der Waals surface area contributed by atoms with Crippen molar-refractivity contribution in [2.75, 3.05) is 0 Å². The van der Waals surface area contributed by atoms with Crippen molar-refractivity contribution in [2.24, 2.45) is 0 Å². The lowest BCUT2D eigenvalue weighted by molar-refractivity contribution is 1.02. The Kier molecular flexibility index (Phi) is 18.6. The van der Waals surface area contributed by atoms with Crippen molar-refractivity contribution in [3.63, 3.8) is 0 Å². The molecule has 12 nitrogen and oxygen atoms in total. The lowest BCUT2D eigenvalue weighted by atomic mass is 10.0. The first-order chi connectivity index (χ1) is 67.5. The Morgan fingerprint density at radius 2 is 0.529 bits per heavy atom. The monoisotopic (exact) mass is 1790 g/mol. The van der Waals surface area contributed by atoms with Gasteiger partial charge in [-0.05, 0) is 113 Å². The van der Waals surface area contributed by atoms with Crippen molar-refractivity contribution in [3.05, 3.63) is 438 Å². The topological polar surface area (TPSA) is 131 Å². The van der Waals surface area contributed by atoms with Crippen molar-refractivity contribution >= 4 is 203 Å². The Morgan fingerprint density at radius 1 is 0.199 bits per heavy atom. The van der Waals surface area contributed by atoms with Crippen LogP contribution in [0.2, 0.25) is 0 Å². The van der Waals surface area contributed by atoms with E-state index >= 15 is 0 Å². The zero-order valence-electron chi connectivity index (χ0n) is 72.7. The summed E-state index contributed by atoms with van der Waals surface area (Å²) >= 11 is 5.53. The first-order valence-corrected chi connectivity index (χ1v) is 47.8. The largest absolute Gasteiger partial charge is 0.309 e. The molecule has 29 rings (SSSR count). The Morgan fingerprint density at radius 3 is 0.963 bits per heavy atom. The number of benzene rings is 17. The molecule has 0 amide bonds. The predicted molar refractivity (Wildman–Crippen MR) is 569 cm³/mol. The Balaban J connectivity index is 0.000000104. The van der Waals surface area contributed by atoms with Gasteiger partial charge in [0.25, 0.3) is 0 Å². The molecule has 17 aromatic carbocycles. The lowest BCUT2D eigenvalue weighted by Crippen LogP contribution is -2.03. The molecular formula is C121H72N12S3. The quantitative estimate of drug-likeness (QED) is 0.131. The molecule has 15 heteroatoms. The fraction of sp³-hybridized carbons (Fsp3) is 0. The Labute approximate surface area is 789 Å². The lowest BCUT2D eigenvalue weighted by Gasteiger charge is -2.13. The van der Waals surface area contributed by atoms with Crippen molar-refractivity contribution < 1.29 is 0 Å². The summed E-state index contributed by atoms with van der Waals surface area (Å²) in [5, 5.41) is 23.2. The van der Waals surface area contributed by atoms with Crippen LogP contribution in [0.4, 0.5) is 0 Å². The van der Waals surface area contributed by atoms with Crippen LogP contribution in [0.1, 0.15) is 0 Å². The summed E-state index contributed by atoms with van der Waals surface area (Å²) in [7, 11) is 0. The van der Waals surface area contributed by atoms with E-state index < -0.39 is 0 Å². The number of thiophene rings is 3. The number of rotatable bonds is 10. The molecule has 136 heavy (non-hydrogen) atoms. The maximum atomic E-state index is 5.31. The molecule has 0 aliphatic rings. The summed E-state index contributed by atoms with van der Waals surface area (Å²) in [5.41, 5.74) is 21.9. The highest BCUT2D eigenvalue weighted by molar-refractivity contribution is 7.28. The fourth-order valence-electron chi connectivity index (χ4n) is 20.5. The molecule has 634 valence electrons. The molecule has 0 bridgehead atoms. The summed E-state index contributed by atoms with van der Waals surface area (Å²) in [4.78, 5) is 44.4. The normalized spacial score (nSPS) is 11.8. The van der Waals surface area contributed by atoms with Gasteiger partial charge in [-0.25, -0.2) is 29.9 Å². The highest BCUT2D eigenvalue weighted by Gasteiger charge is 2.29. The molecule has 0 fully saturated rings. The Hall–Kier alpha value is -17.5. The first-order valence-electron chi connectivity index (χ1n) is 45.3. The number of hydrogen-bond donors (Lipinski definition) is 0. The van der Waals surface area contributed by atoms with Crippen LogP contribution in [0.3, 0.4) is 0 Å². The van der Waals surface area contributed by atoms with Gasteiger partial charge in [0.15, 0.2) is 11.6 Å². The average molecular weight is 1790 g/mol. The van der Waals surface area contributed by atoms with Crippen LogP contribution in [-0.4, -0.2) is 58.6 Å². The molecule has 12 aromatic heterocycles. The van der Waals surface area contributed by atoms with Crippen LogP contribution in [-0.2, 0) is 0 Å². The number of nitrogens with zero attached hydrogens (tertiary/aromatic N) is 12. The highest BCUT2D eigenvalue weighted by Crippen LogP contribution is 2.53. The summed E-state index contributed by atoms with van der Waals surface area (Å²) in [6.45, 7) is 0. The van der Waals surface area contributed by atoms with E-state index in [-0.39, 0.29) is 0 Å². The maximum absolute atomic E-state index is 5.31. The third kappa shape index (κ3) is 12.8. The minimum Gasteiger partial charge on any atom is -0.309 e. The minimum absolute atomic E-state index is 0.675. The smallest absolute Gasteiger partial charge is 0.235 e. The molecule has 0 spiro atoms. The van der Waals surface area contributed by atoms with Gasteiger partial charge in [-0.2, -0.15) is 0 Å². The molecular weight excluding hydrogens is 1720 g/mol. The molecule has 0 radical (unpaired) electrons. The van der Waals surface area contributed by atoms with E-state index in [2.05, 4.69) is 356 Å². The molecule has 0 aliphatic carbocycles. The van der Waals surface area contributed by atoms with E-state index in [4.69, 9.17) is 29.9 Å². The van der Waals surface area contributed by atoms with E-state index in [1.807, 2.05) is 144 Å².